The maximum Gasteiger partial charge on any atom is 0.326 e. The molecule has 0 spiro atoms. The molecule has 0 bridgehead atoms. The summed E-state index contributed by atoms with van der Waals surface area (Å²) in [5, 5.41) is 23.4. The maximum atomic E-state index is 12.3. The molecule has 0 aliphatic heterocycles. The van der Waals surface area contributed by atoms with E-state index in [9.17, 15) is 19.2 Å². The first-order chi connectivity index (χ1) is 15.6. The van der Waals surface area contributed by atoms with Crippen molar-refractivity contribution in [3.63, 3.8) is 0 Å². The molecule has 0 saturated carbocycles. The number of aromatic amines is 1. The van der Waals surface area contributed by atoms with Crippen molar-refractivity contribution in [3.05, 3.63) is 52.1 Å². The van der Waals surface area contributed by atoms with E-state index >= 15 is 0 Å². The number of rotatable bonds is 9. The minimum absolute atomic E-state index is 0.0539. The van der Waals surface area contributed by atoms with Gasteiger partial charge in [0.05, 0.1) is 17.9 Å². The zero-order valence-corrected chi connectivity index (χ0v) is 17.4. The van der Waals surface area contributed by atoms with Gasteiger partial charge in [0.25, 0.3) is 11.5 Å². The number of nitrogens with zero attached hydrogens (tertiary/aromatic N) is 3. The van der Waals surface area contributed by atoms with Crippen LogP contribution in [0.4, 0.5) is 11.6 Å². The lowest BCUT2D eigenvalue weighted by Crippen LogP contribution is -2.41. The number of amides is 1. The summed E-state index contributed by atoms with van der Waals surface area (Å²) < 4.78 is 0. The van der Waals surface area contributed by atoms with Crippen molar-refractivity contribution in [2.24, 2.45) is 0 Å². The summed E-state index contributed by atoms with van der Waals surface area (Å²) in [6, 6.07) is 4.54. The number of benzene rings is 1. The second-order valence-corrected chi connectivity index (χ2v) is 7.16. The van der Waals surface area contributed by atoms with Crippen LogP contribution in [0, 0.1) is 0 Å². The standard InChI is InChI=1S/C20H21N7O6/c1-9(13-8-22-16-15(24-13)18(31)27-20(21)26-16)23-11-4-2-10(3-5-11)17(30)25-12(19(32)33)6-7-14(28)29/h2-5,8-9,12,23H,6-7H2,1H3,(H,25,30)(H,28,29)(H,32,33)(H3,21,22,26,27,31). The van der Waals surface area contributed by atoms with Crippen molar-refractivity contribution in [1.29, 1.82) is 0 Å². The number of hydrogen-bond donors (Lipinski definition) is 6. The van der Waals surface area contributed by atoms with E-state index in [4.69, 9.17) is 15.9 Å². The average molecular weight is 455 g/mol. The van der Waals surface area contributed by atoms with Gasteiger partial charge in [-0.25, -0.2) is 14.8 Å². The number of hydrogen-bond acceptors (Lipinski definition) is 9. The summed E-state index contributed by atoms with van der Waals surface area (Å²) in [5.41, 5.74) is 6.49. The largest absolute Gasteiger partial charge is 0.481 e. The molecule has 2 aromatic heterocycles. The smallest absolute Gasteiger partial charge is 0.326 e. The van der Waals surface area contributed by atoms with Crippen molar-refractivity contribution < 1.29 is 24.6 Å². The van der Waals surface area contributed by atoms with Gasteiger partial charge in [0.15, 0.2) is 11.2 Å². The molecule has 13 heteroatoms. The molecule has 3 aromatic rings. The van der Waals surface area contributed by atoms with E-state index in [-0.39, 0.29) is 41.6 Å². The molecule has 2 heterocycles. The predicted octanol–water partition coefficient (Wildman–Crippen LogP) is 0.516. The number of H-pyrrole nitrogens is 1. The molecule has 1 aromatic carbocycles. The third-order valence-electron chi connectivity index (χ3n) is 4.68. The monoisotopic (exact) mass is 455 g/mol. The number of nitrogens with two attached hydrogens (primary N) is 1. The van der Waals surface area contributed by atoms with Crippen LogP contribution in [0.5, 0.6) is 0 Å². The quantitative estimate of drug-likeness (QED) is 0.261. The third-order valence-corrected chi connectivity index (χ3v) is 4.68. The summed E-state index contributed by atoms with van der Waals surface area (Å²) in [4.78, 5) is 61.0. The van der Waals surface area contributed by atoms with Crippen molar-refractivity contribution >= 4 is 40.6 Å². The van der Waals surface area contributed by atoms with Gasteiger partial charge in [-0.3, -0.25) is 19.4 Å². The van der Waals surface area contributed by atoms with Crippen LogP contribution in [0.1, 0.15) is 41.9 Å². The number of aromatic nitrogens is 4. The topological polar surface area (TPSA) is 213 Å². The summed E-state index contributed by atoms with van der Waals surface area (Å²) in [6.07, 6.45) is 0.854. The van der Waals surface area contributed by atoms with Crippen LogP contribution in [0.3, 0.4) is 0 Å². The number of carbonyl (C=O) groups is 3. The fourth-order valence-corrected chi connectivity index (χ4v) is 2.97. The van der Waals surface area contributed by atoms with Crippen LogP contribution < -0.4 is 21.9 Å². The third kappa shape index (κ3) is 5.78. The summed E-state index contributed by atoms with van der Waals surface area (Å²) in [5.74, 6) is -3.16. The number of carboxylic acid groups (broad SMARTS) is 2. The van der Waals surface area contributed by atoms with Gasteiger partial charge in [0.2, 0.25) is 5.95 Å². The van der Waals surface area contributed by atoms with Crippen molar-refractivity contribution in [2.75, 3.05) is 11.1 Å². The Hall–Kier alpha value is -4.55. The van der Waals surface area contributed by atoms with Crippen LogP contribution >= 0.6 is 0 Å². The second-order valence-electron chi connectivity index (χ2n) is 7.16. The highest BCUT2D eigenvalue weighted by atomic mass is 16.4. The van der Waals surface area contributed by atoms with Gasteiger partial charge < -0.3 is 26.6 Å². The highest BCUT2D eigenvalue weighted by Gasteiger charge is 2.21. The Morgan fingerprint density at radius 2 is 1.85 bits per heavy atom. The first kappa shape index (κ1) is 23.1. The highest BCUT2D eigenvalue weighted by molar-refractivity contribution is 5.97. The number of fused-ring (bicyclic) bond motifs is 1. The first-order valence-electron chi connectivity index (χ1n) is 9.78. The molecule has 7 N–H and O–H groups in total. The minimum atomic E-state index is -1.31. The molecular formula is C20H21N7O6. The van der Waals surface area contributed by atoms with E-state index in [1.165, 1.54) is 18.3 Å². The Bertz CT molecular complexity index is 1260. The van der Waals surface area contributed by atoms with Crippen LogP contribution in [-0.2, 0) is 9.59 Å². The Balaban J connectivity index is 1.68. The zero-order chi connectivity index (χ0) is 24.1. The zero-order valence-electron chi connectivity index (χ0n) is 17.4. The molecule has 3 rings (SSSR count). The molecule has 172 valence electrons. The molecule has 0 aliphatic carbocycles. The van der Waals surface area contributed by atoms with E-state index in [1.807, 2.05) is 0 Å². The lowest BCUT2D eigenvalue weighted by molar-refractivity contribution is -0.140. The van der Waals surface area contributed by atoms with Gasteiger partial charge in [0.1, 0.15) is 6.04 Å². The second kappa shape index (κ2) is 9.72. The van der Waals surface area contributed by atoms with Crippen LogP contribution in [0.25, 0.3) is 11.2 Å². The summed E-state index contributed by atoms with van der Waals surface area (Å²) >= 11 is 0. The van der Waals surface area contributed by atoms with E-state index in [0.29, 0.717) is 11.4 Å². The normalized spacial score (nSPS) is 12.6. The van der Waals surface area contributed by atoms with Gasteiger partial charge in [0, 0.05) is 17.7 Å². The Morgan fingerprint density at radius 3 is 2.48 bits per heavy atom. The molecule has 2 atom stereocenters. The van der Waals surface area contributed by atoms with E-state index in [0.717, 1.165) is 0 Å². The Kier molecular flexibility index (Phi) is 6.81. The fourth-order valence-electron chi connectivity index (χ4n) is 2.97. The van der Waals surface area contributed by atoms with Crippen molar-refractivity contribution in [3.8, 4) is 0 Å². The molecule has 0 fully saturated rings. The Labute approximate surface area is 186 Å². The predicted molar refractivity (Wildman–Crippen MR) is 117 cm³/mol. The fraction of sp³-hybridized carbons (Fsp3) is 0.250. The van der Waals surface area contributed by atoms with Crippen molar-refractivity contribution in [1.82, 2.24) is 25.3 Å². The van der Waals surface area contributed by atoms with Gasteiger partial charge in [-0.05, 0) is 37.6 Å². The Morgan fingerprint density at radius 1 is 1.15 bits per heavy atom. The lowest BCUT2D eigenvalue weighted by Gasteiger charge is -2.16. The molecule has 0 saturated heterocycles. The summed E-state index contributed by atoms with van der Waals surface area (Å²) in [6.45, 7) is 1.80. The van der Waals surface area contributed by atoms with Gasteiger partial charge in [-0.1, -0.05) is 0 Å². The molecule has 1 amide bonds. The molecule has 0 radical (unpaired) electrons. The van der Waals surface area contributed by atoms with Gasteiger partial charge in [-0.2, -0.15) is 4.98 Å². The van der Waals surface area contributed by atoms with E-state index < -0.39 is 29.4 Å². The van der Waals surface area contributed by atoms with Gasteiger partial charge >= 0.3 is 11.9 Å². The van der Waals surface area contributed by atoms with Crippen LogP contribution in [0.15, 0.2) is 35.3 Å². The molecular weight excluding hydrogens is 434 g/mol. The molecule has 2 unspecified atom stereocenters. The highest BCUT2D eigenvalue weighted by Crippen LogP contribution is 2.19. The number of carbonyl (C=O) groups excluding carboxylic acids is 1. The summed E-state index contributed by atoms with van der Waals surface area (Å²) in [7, 11) is 0. The average Bonchev–Trinajstić information content (AvgIpc) is 2.76. The van der Waals surface area contributed by atoms with Crippen molar-refractivity contribution in [2.45, 2.75) is 31.8 Å². The van der Waals surface area contributed by atoms with E-state index in [1.54, 1.807) is 19.1 Å². The number of nitrogens with one attached hydrogen (secondary N) is 3. The van der Waals surface area contributed by atoms with Crippen LogP contribution in [-0.4, -0.2) is 54.0 Å². The lowest BCUT2D eigenvalue weighted by atomic mass is 10.1. The van der Waals surface area contributed by atoms with E-state index in [2.05, 4.69) is 30.6 Å². The molecule has 0 aliphatic rings. The van der Waals surface area contributed by atoms with Gasteiger partial charge in [-0.15, -0.1) is 0 Å². The first-order valence-corrected chi connectivity index (χ1v) is 9.78. The number of carboxylic acids is 2. The number of aliphatic carboxylic acids is 2. The van der Waals surface area contributed by atoms with Crippen LogP contribution in [0.2, 0.25) is 0 Å². The molecule has 33 heavy (non-hydrogen) atoms. The SMILES string of the molecule is CC(Nc1ccc(C(=O)NC(CCC(=O)O)C(=O)O)cc1)c1cnc2nc(N)[nH]c(=O)c2n1. The number of anilines is 2. The maximum absolute atomic E-state index is 12.3. The molecule has 13 nitrogen and oxygen atoms in total. The number of nitrogen functional groups attached to an aromatic ring is 1. The minimum Gasteiger partial charge on any atom is -0.481 e.